The SMILES string of the molecule is CCOc1ccc(C(=O)NNC(=O)CCC2CCCC2)cc1OC. The minimum atomic E-state index is -0.384. The van der Waals surface area contributed by atoms with Crippen LogP contribution in [0.3, 0.4) is 0 Å². The quantitative estimate of drug-likeness (QED) is 0.752. The summed E-state index contributed by atoms with van der Waals surface area (Å²) in [6.07, 6.45) is 6.29. The molecule has 1 aliphatic carbocycles. The van der Waals surface area contributed by atoms with Crippen LogP contribution in [0.2, 0.25) is 0 Å². The smallest absolute Gasteiger partial charge is 0.269 e. The fraction of sp³-hybridized carbons (Fsp3) is 0.556. The van der Waals surface area contributed by atoms with Crippen molar-refractivity contribution in [3.63, 3.8) is 0 Å². The van der Waals surface area contributed by atoms with Crippen LogP contribution < -0.4 is 20.3 Å². The molecule has 0 atom stereocenters. The lowest BCUT2D eigenvalue weighted by molar-refractivity contribution is -0.122. The summed E-state index contributed by atoms with van der Waals surface area (Å²) in [7, 11) is 1.52. The van der Waals surface area contributed by atoms with E-state index in [2.05, 4.69) is 10.9 Å². The van der Waals surface area contributed by atoms with Crippen LogP contribution in [0.25, 0.3) is 0 Å². The monoisotopic (exact) mass is 334 g/mol. The summed E-state index contributed by atoms with van der Waals surface area (Å²) in [6.45, 7) is 2.39. The maximum atomic E-state index is 12.1. The van der Waals surface area contributed by atoms with Crippen molar-refractivity contribution in [3.05, 3.63) is 23.8 Å². The summed E-state index contributed by atoms with van der Waals surface area (Å²) in [4.78, 5) is 24.0. The minimum Gasteiger partial charge on any atom is -0.493 e. The van der Waals surface area contributed by atoms with Crippen molar-refractivity contribution < 1.29 is 19.1 Å². The van der Waals surface area contributed by atoms with Gasteiger partial charge in [0.25, 0.3) is 5.91 Å². The van der Waals surface area contributed by atoms with E-state index in [1.807, 2.05) is 6.92 Å². The molecule has 132 valence electrons. The third kappa shape index (κ3) is 5.15. The largest absolute Gasteiger partial charge is 0.493 e. The first kappa shape index (κ1) is 18.1. The molecule has 2 rings (SSSR count). The lowest BCUT2D eigenvalue weighted by Gasteiger charge is -2.12. The summed E-state index contributed by atoms with van der Waals surface area (Å²) < 4.78 is 10.6. The summed E-state index contributed by atoms with van der Waals surface area (Å²) >= 11 is 0. The zero-order chi connectivity index (χ0) is 17.4. The molecule has 0 aromatic heterocycles. The number of carbonyl (C=O) groups excluding carboxylic acids is 2. The first-order chi connectivity index (χ1) is 11.6. The second-order valence-electron chi connectivity index (χ2n) is 5.99. The van der Waals surface area contributed by atoms with Gasteiger partial charge in [0.15, 0.2) is 11.5 Å². The fourth-order valence-corrected chi connectivity index (χ4v) is 2.98. The zero-order valence-electron chi connectivity index (χ0n) is 14.4. The molecule has 1 fully saturated rings. The highest BCUT2D eigenvalue weighted by atomic mass is 16.5. The number of ether oxygens (including phenoxy) is 2. The van der Waals surface area contributed by atoms with Gasteiger partial charge in [0.05, 0.1) is 13.7 Å². The van der Waals surface area contributed by atoms with Crippen LogP contribution in [0.4, 0.5) is 0 Å². The van der Waals surface area contributed by atoms with Crippen molar-refractivity contribution in [3.8, 4) is 11.5 Å². The number of rotatable bonds is 7. The van der Waals surface area contributed by atoms with Crippen molar-refractivity contribution in [2.75, 3.05) is 13.7 Å². The first-order valence-corrected chi connectivity index (χ1v) is 8.54. The zero-order valence-corrected chi connectivity index (χ0v) is 14.4. The Morgan fingerprint density at radius 2 is 1.92 bits per heavy atom. The molecular weight excluding hydrogens is 308 g/mol. The van der Waals surface area contributed by atoms with Gasteiger partial charge in [-0.2, -0.15) is 0 Å². The highest BCUT2D eigenvalue weighted by Crippen LogP contribution is 2.29. The summed E-state index contributed by atoms with van der Waals surface area (Å²) in [6, 6.07) is 4.90. The van der Waals surface area contributed by atoms with Gasteiger partial charge >= 0.3 is 0 Å². The predicted molar refractivity (Wildman–Crippen MR) is 91.0 cm³/mol. The Morgan fingerprint density at radius 3 is 2.58 bits per heavy atom. The van der Waals surface area contributed by atoms with Crippen LogP contribution in [0.5, 0.6) is 11.5 Å². The van der Waals surface area contributed by atoms with E-state index in [0.29, 0.717) is 36.0 Å². The maximum Gasteiger partial charge on any atom is 0.269 e. The molecule has 0 heterocycles. The molecule has 1 aromatic carbocycles. The van der Waals surface area contributed by atoms with Gasteiger partial charge in [-0.1, -0.05) is 25.7 Å². The predicted octanol–water partition coefficient (Wildman–Crippen LogP) is 2.83. The molecule has 6 heteroatoms. The lowest BCUT2D eigenvalue weighted by atomic mass is 10.0. The molecular formula is C18H26N2O4. The van der Waals surface area contributed by atoms with Crippen molar-refractivity contribution in [1.82, 2.24) is 10.9 Å². The number of hydrogen-bond donors (Lipinski definition) is 2. The van der Waals surface area contributed by atoms with Crippen molar-refractivity contribution >= 4 is 11.8 Å². The number of nitrogens with one attached hydrogen (secondary N) is 2. The third-order valence-electron chi connectivity index (χ3n) is 4.30. The first-order valence-electron chi connectivity index (χ1n) is 8.54. The Morgan fingerprint density at radius 1 is 1.17 bits per heavy atom. The molecule has 1 aliphatic rings. The van der Waals surface area contributed by atoms with E-state index in [-0.39, 0.29) is 11.8 Å². The molecule has 0 spiro atoms. The molecule has 2 N–H and O–H groups in total. The van der Waals surface area contributed by atoms with Gasteiger partial charge in [-0.05, 0) is 37.5 Å². The Balaban J connectivity index is 1.81. The number of carbonyl (C=O) groups is 2. The third-order valence-corrected chi connectivity index (χ3v) is 4.30. The molecule has 0 unspecified atom stereocenters. The highest BCUT2D eigenvalue weighted by molar-refractivity contribution is 5.96. The van der Waals surface area contributed by atoms with Crippen LogP contribution in [-0.4, -0.2) is 25.5 Å². The van der Waals surface area contributed by atoms with Crippen molar-refractivity contribution in [2.24, 2.45) is 5.92 Å². The molecule has 24 heavy (non-hydrogen) atoms. The number of amides is 2. The van der Waals surface area contributed by atoms with Crippen LogP contribution >= 0.6 is 0 Å². The Labute approximate surface area is 142 Å². The van der Waals surface area contributed by atoms with Gasteiger partial charge in [-0.3, -0.25) is 20.4 Å². The van der Waals surface area contributed by atoms with E-state index < -0.39 is 0 Å². The second kappa shape index (κ2) is 9.15. The summed E-state index contributed by atoms with van der Waals surface area (Å²) in [5.74, 6) is 1.18. The van der Waals surface area contributed by atoms with Gasteiger partial charge in [0, 0.05) is 12.0 Å². The van der Waals surface area contributed by atoms with E-state index in [4.69, 9.17) is 9.47 Å². The molecule has 2 amide bonds. The number of hydrazine groups is 1. The Kier molecular flexibility index (Phi) is 6.90. The Hall–Kier alpha value is -2.24. The molecule has 6 nitrogen and oxygen atoms in total. The maximum absolute atomic E-state index is 12.1. The molecule has 0 saturated heterocycles. The van der Waals surface area contributed by atoms with Crippen molar-refractivity contribution in [1.29, 1.82) is 0 Å². The van der Waals surface area contributed by atoms with Crippen LogP contribution in [0.1, 0.15) is 55.8 Å². The highest BCUT2D eigenvalue weighted by Gasteiger charge is 2.17. The number of methoxy groups -OCH3 is 1. The van der Waals surface area contributed by atoms with Crippen LogP contribution in [0.15, 0.2) is 18.2 Å². The van der Waals surface area contributed by atoms with Gasteiger partial charge in [-0.25, -0.2) is 0 Å². The van der Waals surface area contributed by atoms with Gasteiger partial charge in [0.2, 0.25) is 5.91 Å². The number of hydrogen-bond acceptors (Lipinski definition) is 4. The van der Waals surface area contributed by atoms with E-state index >= 15 is 0 Å². The normalized spacial score (nSPS) is 14.2. The van der Waals surface area contributed by atoms with Gasteiger partial charge in [-0.15, -0.1) is 0 Å². The molecule has 0 radical (unpaired) electrons. The number of benzene rings is 1. The lowest BCUT2D eigenvalue weighted by Crippen LogP contribution is -2.41. The minimum absolute atomic E-state index is 0.159. The standard InChI is InChI=1S/C18H26N2O4/c1-3-24-15-10-9-14(12-16(15)23-2)18(22)20-19-17(21)11-8-13-6-4-5-7-13/h9-10,12-13H,3-8,11H2,1-2H3,(H,19,21)(H,20,22). The van der Waals surface area contributed by atoms with E-state index in [9.17, 15) is 9.59 Å². The van der Waals surface area contributed by atoms with E-state index in [1.165, 1.54) is 32.8 Å². The van der Waals surface area contributed by atoms with E-state index in [0.717, 1.165) is 6.42 Å². The van der Waals surface area contributed by atoms with Crippen LogP contribution in [0, 0.1) is 5.92 Å². The average molecular weight is 334 g/mol. The van der Waals surface area contributed by atoms with Gasteiger partial charge < -0.3 is 9.47 Å². The topological polar surface area (TPSA) is 76.7 Å². The molecule has 0 bridgehead atoms. The van der Waals surface area contributed by atoms with E-state index in [1.54, 1.807) is 18.2 Å². The summed E-state index contributed by atoms with van der Waals surface area (Å²) in [5, 5.41) is 0. The van der Waals surface area contributed by atoms with Crippen molar-refractivity contribution in [2.45, 2.75) is 45.4 Å². The van der Waals surface area contributed by atoms with Crippen LogP contribution in [-0.2, 0) is 4.79 Å². The molecule has 1 saturated carbocycles. The second-order valence-corrected chi connectivity index (χ2v) is 5.99. The van der Waals surface area contributed by atoms with Gasteiger partial charge in [0.1, 0.15) is 0 Å². The molecule has 0 aliphatic heterocycles. The fourth-order valence-electron chi connectivity index (χ4n) is 2.98. The Bertz CT molecular complexity index is 568. The summed E-state index contributed by atoms with van der Waals surface area (Å²) in [5.41, 5.74) is 5.31. The molecule has 1 aromatic rings. The average Bonchev–Trinajstić information content (AvgIpc) is 3.12.